The quantitative estimate of drug-likeness (QED) is 0.427. The molecule has 0 atom stereocenters. The minimum Gasteiger partial charge on any atom is -0.497 e. The lowest BCUT2D eigenvalue weighted by Gasteiger charge is -2.18. The largest absolute Gasteiger partial charge is 0.497 e. The molecule has 0 aliphatic carbocycles. The van der Waals surface area contributed by atoms with Crippen LogP contribution in [0.4, 0.5) is 18.9 Å². The number of halogens is 3. The Labute approximate surface area is 168 Å². The molecular weight excluding hydrogens is 401 g/mol. The van der Waals surface area contributed by atoms with E-state index in [2.05, 4.69) is 4.98 Å². The molecule has 0 bridgehead atoms. The predicted octanol–water partition coefficient (Wildman–Crippen LogP) is 5.75. The maximum Gasteiger partial charge on any atom is 0.416 e. The first kappa shape index (κ1) is 19.2. The normalized spacial score (nSPS) is 11.8. The smallest absolute Gasteiger partial charge is 0.416 e. The lowest BCUT2D eigenvalue weighted by atomic mass is 10.1. The van der Waals surface area contributed by atoms with Crippen molar-refractivity contribution in [3.05, 3.63) is 65.0 Å². The number of alkyl halides is 3. The first-order chi connectivity index (χ1) is 13.8. The third-order valence-corrected chi connectivity index (χ3v) is 5.62. The average molecular weight is 416 g/mol. The molecule has 1 amide bonds. The number of ether oxygens (including phenoxy) is 1. The lowest BCUT2D eigenvalue weighted by molar-refractivity contribution is -0.137. The van der Waals surface area contributed by atoms with Gasteiger partial charge in [0.1, 0.15) is 10.6 Å². The molecule has 0 N–H and O–H groups in total. The SMILES string of the molecule is COc1ccc2nc3sc(C(=O)N(C)c4cccc(C(F)(F)F)c4)cc3cc2c1. The van der Waals surface area contributed by atoms with E-state index in [4.69, 9.17) is 4.74 Å². The average Bonchev–Trinajstić information content (AvgIpc) is 3.12. The van der Waals surface area contributed by atoms with Crippen LogP contribution in [0.1, 0.15) is 15.2 Å². The Bertz CT molecular complexity index is 1230. The summed E-state index contributed by atoms with van der Waals surface area (Å²) in [5, 5.41) is 1.66. The van der Waals surface area contributed by atoms with E-state index >= 15 is 0 Å². The summed E-state index contributed by atoms with van der Waals surface area (Å²) in [5.41, 5.74) is 0.142. The fourth-order valence-electron chi connectivity index (χ4n) is 3.02. The summed E-state index contributed by atoms with van der Waals surface area (Å²) in [6.07, 6.45) is -4.47. The molecule has 0 saturated carbocycles. The van der Waals surface area contributed by atoms with Crippen LogP contribution < -0.4 is 9.64 Å². The van der Waals surface area contributed by atoms with Crippen LogP contribution in [0.15, 0.2) is 54.6 Å². The van der Waals surface area contributed by atoms with Crippen molar-refractivity contribution in [2.75, 3.05) is 19.1 Å². The Kier molecular flexibility index (Phi) is 4.66. The maximum absolute atomic E-state index is 13.0. The lowest BCUT2D eigenvalue weighted by Crippen LogP contribution is -2.25. The van der Waals surface area contributed by atoms with Gasteiger partial charge in [-0.05, 0) is 48.5 Å². The topological polar surface area (TPSA) is 42.4 Å². The van der Waals surface area contributed by atoms with Gasteiger partial charge in [0.15, 0.2) is 0 Å². The number of carbonyl (C=O) groups excluding carboxylic acids is 1. The highest BCUT2D eigenvalue weighted by molar-refractivity contribution is 7.20. The van der Waals surface area contributed by atoms with Crippen LogP contribution in [-0.4, -0.2) is 25.0 Å². The summed E-state index contributed by atoms with van der Waals surface area (Å²) >= 11 is 1.21. The van der Waals surface area contributed by atoms with Crippen LogP contribution >= 0.6 is 11.3 Å². The Balaban J connectivity index is 1.70. The number of thiophene rings is 1. The first-order valence-corrected chi connectivity index (χ1v) is 9.41. The number of amides is 1. The van der Waals surface area contributed by atoms with E-state index in [1.807, 2.05) is 24.3 Å². The number of pyridine rings is 1. The van der Waals surface area contributed by atoms with Gasteiger partial charge in [-0.2, -0.15) is 13.2 Å². The third-order valence-electron chi connectivity index (χ3n) is 4.58. The molecule has 0 aliphatic rings. The van der Waals surface area contributed by atoms with E-state index in [1.165, 1.54) is 35.4 Å². The van der Waals surface area contributed by atoms with Crippen molar-refractivity contribution in [2.45, 2.75) is 6.18 Å². The number of anilines is 1. The number of benzene rings is 2. The van der Waals surface area contributed by atoms with Gasteiger partial charge in [-0.3, -0.25) is 4.79 Å². The van der Waals surface area contributed by atoms with Crippen molar-refractivity contribution in [3.8, 4) is 5.75 Å². The highest BCUT2D eigenvalue weighted by Gasteiger charge is 2.31. The number of aromatic nitrogens is 1. The summed E-state index contributed by atoms with van der Waals surface area (Å²) in [6.45, 7) is 0. The van der Waals surface area contributed by atoms with Gasteiger partial charge in [0.05, 0.1) is 23.1 Å². The number of nitrogens with zero attached hydrogens (tertiary/aromatic N) is 2. The molecule has 8 heteroatoms. The zero-order chi connectivity index (χ0) is 20.8. The molecule has 0 unspecified atom stereocenters. The molecule has 2 heterocycles. The number of hydrogen-bond donors (Lipinski definition) is 0. The number of carbonyl (C=O) groups is 1. The van der Waals surface area contributed by atoms with Crippen LogP contribution in [0, 0.1) is 0 Å². The van der Waals surface area contributed by atoms with E-state index in [0.29, 0.717) is 15.5 Å². The minimum atomic E-state index is -4.47. The van der Waals surface area contributed by atoms with Crippen molar-refractivity contribution in [1.82, 2.24) is 4.98 Å². The summed E-state index contributed by atoms with van der Waals surface area (Å²) in [5.74, 6) is 0.309. The molecule has 0 spiro atoms. The van der Waals surface area contributed by atoms with Gasteiger partial charge in [0, 0.05) is 23.5 Å². The second-order valence-electron chi connectivity index (χ2n) is 6.46. The molecule has 4 nitrogen and oxygen atoms in total. The Hall–Kier alpha value is -3.13. The number of hydrogen-bond acceptors (Lipinski definition) is 4. The zero-order valence-corrected chi connectivity index (χ0v) is 16.3. The number of methoxy groups -OCH3 is 1. The molecular formula is C21H15F3N2O2S. The first-order valence-electron chi connectivity index (χ1n) is 8.60. The molecule has 0 radical (unpaired) electrons. The van der Waals surface area contributed by atoms with Crippen molar-refractivity contribution in [3.63, 3.8) is 0 Å². The summed E-state index contributed by atoms with van der Waals surface area (Å²) < 4.78 is 44.1. The van der Waals surface area contributed by atoms with Crippen molar-refractivity contribution in [2.24, 2.45) is 0 Å². The van der Waals surface area contributed by atoms with Crippen LogP contribution in [0.5, 0.6) is 5.75 Å². The van der Waals surface area contributed by atoms with Gasteiger partial charge in [0.2, 0.25) is 0 Å². The Morgan fingerprint density at radius 3 is 2.59 bits per heavy atom. The van der Waals surface area contributed by atoms with Crippen LogP contribution in [0.3, 0.4) is 0 Å². The summed E-state index contributed by atoms with van der Waals surface area (Å²) in [7, 11) is 3.04. The minimum absolute atomic E-state index is 0.171. The molecule has 0 aliphatic heterocycles. The van der Waals surface area contributed by atoms with E-state index in [9.17, 15) is 18.0 Å². The molecule has 4 rings (SSSR count). The molecule has 29 heavy (non-hydrogen) atoms. The number of rotatable bonds is 3. The number of fused-ring (bicyclic) bond motifs is 2. The van der Waals surface area contributed by atoms with Crippen LogP contribution in [0.2, 0.25) is 0 Å². The highest BCUT2D eigenvalue weighted by atomic mass is 32.1. The van der Waals surface area contributed by atoms with Gasteiger partial charge in [-0.1, -0.05) is 6.07 Å². The van der Waals surface area contributed by atoms with Gasteiger partial charge in [-0.15, -0.1) is 11.3 Å². The monoisotopic (exact) mass is 416 g/mol. The van der Waals surface area contributed by atoms with Crippen molar-refractivity contribution in [1.29, 1.82) is 0 Å². The van der Waals surface area contributed by atoms with E-state index in [-0.39, 0.29) is 5.69 Å². The summed E-state index contributed by atoms with van der Waals surface area (Å²) in [6, 6.07) is 13.8. The molecule has 2 aromatic heterocycles. The molecule has 4 aromatic rings. The molecule has 2 aromatic carbocycles. The van der Waals surface area contributed by atoms with Gasteiger partial charge < -0.3 is 9.64 Å². The van der Waals surface area contributed by atoms with Crippen molar-refractivity contribution < 1.29 is 22.7 Å². The Morgan fingerprint density at radius 2 is 1.86 bits per heavy atom. The van der Waals surface area contributed by atoms with Gasteiger partial charge in [0.25, 0.3) is 5.91 Å². The maximum atomic E-state index is 13.0. The van der Waals surface area contributed by atoms with Crippen LogP contribution in [0.25, 0.3) is 21.1 Å². The summed E-state index contributed by atoms with van der Waals surface area (Å²) in [4.78, 5) is 19.7. The van der Waals surface area contributed by atoms with Gasteiger partial charge in [-0.25, -0.2) is 4.98 Å². The van der Waals surface area contributed by atoms with Crippen LogP contribution in [-0.2, 0) is 6.18 Å². The predicted molar refractivity (Wildman–Crippen MR) is 108 cm³/mol. The fourth-order valence-corrected chi connectivity index (χ4v) is 4.02. The molecule has 148 valence electrons. The second kappa shape index (κ2) is 7.04. The fraction of sp³-hybridized carbons (Fsp3) is 0.143. The van der Waals surface area contributed by atoms with Gasteiger partial charge >= 0.3 is 6.18 Å². The van der Waals surface area contributed by atoms with E-state index in [1.54, 1.807) is 13.2 Å². The highest BCUT2D eigenvalue weighted by Crippen LogP contribution is 2.33. The molecule has 0 saturated heterocycles. The van der Waals surface area contributed by atoms with E-state index in [0.717, 1.165) is 28.4 Å². The Morgan fingerprint density at radius 1 is 1.07 bits per heavy atom. The molecule has 0 fully saturated rings. The second-order valence-corrected chi connectivity index (χ2v) is 7.49. The van der Waals surface area contributed by atoms with Crippen molar-refractivity contribution >= 4 is 44.1 Å². The standard InChI is InChI=1S/C21H15F3N2O2S/c1-26(15-5-3-4-14(11-15)21(22,23)24)20(27)18-10-13-8-12-9-16(28-2)6-7-17(12)25-19(13)29-18/h3-11H,1-2H3. The zero-order valence-electron chi connectivity index (χ0n) is 15.4. The third kappa shape index (κ3) is 3.63. The van der Waals surface area contributed by atoms with E-state index < -0.39 is 17.6 Å².